The van der Waals surface area contributed by atoms with Gasteiger partial charge < -0.3 is 10.1 Å². The molecule has 186 valence electrons. The summed E-state index contributed by atoms with van der Waals surface area (Å²) in [6, 6.07) is 13.9. The van der Waals surface area contributed by atoms with Gasteiger partial charge in [0.25, 0.3) is 15.9 Å². The second kappa shape index (κ2) is 9.38. The number of anilines is 1. The molecule has 1 saturated carbocycles. The van der Waals surface area contributed by atoms with Gasteiger partial charge in [-0.05, 0) is 67.6 Å². The maximum atomic E-state index is 13.1. The van der Waals surface area contributed by atoms with Crippen molar-refractivity contribution in [1.82, 2.24) is 9.71 Å². The first-order chi connectivity index (χ1) is 17.2. The number of nitrogens with one attached hydrogen (secondary N) is 2. The quantitative estimate of drug-likeness (QED) is 0.479. The van der Waals surface area contributed by atoms with Crippen LogP contribution in [0, 0.1) is 0 Å². The number of rotatable bonds is 5. The molecular weight excluding hydrogens is 525 g/mol. The number of pyridine rings is 1. The number of fused-ring (bicyclic) bond motifs is 2. The van der Waals surface area contributed by atoms with Crippen LogP contribution >= 0.6 is 23.2 Å². The Balaban J connectivity index is 1.34. The van der Waals surface area contributed by atoms with E-state index >= 15 is 0 Å². The standard InChI is InChI=1S/C25H21Cl2N3O5S/c26-16-13-20(27)23(28-14-16)35-17-8-10-25(11-9-17)19-12-15(6-7-21(19)29-24(25)32)22(31)30-36(33,34)18-4-2-1-3-5-18/h1-7,12-14,17H,8-11H2,(H,29,32)(H,30,31). The number of ether oxygens (including phenoxy) is 1. The number of hydrogen-bond donors (Lipinski definition) is 2. The molecule has 11 heteroatoms. The molecule has 2 heterocycles. The maximum absolute atomic E-state index is 13.1. The number of nitrogens with zero attached hydrogens (tertiary/aromatic N) is 1. The molecule has 0 saturated heterocycles. The highest BCUT2D eigenvalue weighted by Crippen LogP contribution is 2.48. The summed E-state index contributed by atoms with van der Waals surface area (Å²) in [5.74, 6) is -0.624. The summed E-state index contributed by atoms with van der Waals surface area (Å²) in [5, 5.41) is 3.62. The van der Waals surface area contributed by atoms with Crippen LogP contribution in [0.5, 0.6) is 5.88 Å². The smallest absolute Gasteiger partial charge is 0.265 e. The van der Waals surface area contributed by atoms with Gasteiger partial charge in [-0.15, -0.1) is 0 Å². The lowest BCUT2D eigenvalue weighted by Crippen LogP contribution is -2.41. The molecule has 0 radical (unpaired) electrons. The molecule has 1 aromatic heterocycles. The van der Waals surface area contributed by atoms with Crippen molar-refractivity contribution in [2.24, 2.45) is 0 Å². The third-order valence-electron chi connectivity index (χ3n) is 6.60. The van der Waals surface area contributed by atoms with Crippen LogP contribution in [0.1, 0.15) is 41.6 Å². The molecule has 0 unspecified atom stereocenters. The molecule has 1 fully saturated rings. The zero-order chi connectivity index (χ0) is 25.5. The molecule has 2 aromatic carbocycles. The fourth-order valence-corrected chi connectivity index (χ4v) is 6.16. The number of hydrogen-bond acceptors (Lipinski definition) is 6. The average Bonchev–Trinajstić information content (AvgIpc) is 3.12. The van der Waals surface area contributed by atoms with E-state index in [1.807, 2.05) is 0 Å². The third kappa shape index (κ3) is 4.54. The molecule has 3 aromatic rings. The second-order valence-corrected chi connectivity index (χ2v) is 11.3. The largest absolute Gasteiger partial charge is 0.473 e. The van der Waals surface area contributed by atoms with Gasteiger partial charge in [0, 0.05) is 17.4 Å². The number of carbonyl (C=O) groups excluding carboxylic acids is 2. The molecule has 0 atom stereocenters. The summed E-state index contributed by atoms with van der Waals surface area (Å²) in [6.45, 7) is 0. The molecule has 2 aliphatic rings. The van der Waals surface area contributed by atoms with Gasteiger partial charge in [-0.2, -0.15) is 0 Å². The monoisotopic (exact) mass is 545 g/mol. The van der Waals surface area contributed by atoms with Gasteiger partial charge in [0.05, 0.1) is 15.3 Å². The van der Waals surface area contributed by atoms with Gasteiger partial charge in [0.1, 0.15) is 11.1 Å². The second-order valence-electron chi connectivity index (χ2n) is 8.80. The van der Waals surface area contributed by atoms with Gasteiger partial charge in [0.15, 0.2) is 0 Å². The fraction of sp³-hybridized carbons (Fsp3) is 0.240. The lowest BCUT2D eigenvalue weighted by Gasteiger charge is -2.35. The van der Waals surface area contributed by atoms with Gasteiger partial charge in [-0.3, -0.25) is 9.59 Å². The Hall–Kier alpha value is -3.14. The molecule has 1 aliphatic carbocycles. The molecule has 1 spiro atoms. The summed E-state index contributed by atoms with van der Waals surface area (Å²) >= 11 is 12.1. The Morgan fingerprint density at radius 2 is 1.81 bits per heavy atom. The lowest BCUT2D eigenvalue weighted by molar-refractivity contribution is -0.122. The third-order valence-corrected chi connectivity index (χ3v) is 8.42. The van der Waals surface area contributed by atoms with Crippen molar-refractivity contribution in [3.8, 4) is 5.88 Å². The van der Waals surface area contributed by atoms with E-state index in [0.29, 0.717) is 47.0 Å². The molecule has 0 bridgehead atoms. The highest BCUT2D eigenvalue weighted by atomic mass is 35.5. The van der Waals surface area contributed by atoms with Crippen LogP contribution in [0.4, 0.5) is 5.69 Å². The van der Waals surface area contributed by atoms with Crippen molar-refractivity contribution >= 4 is 50.7 Å². The molecule has 2 amide bonds. The first kappa shape index (κ1) is 24.5. The van der Waals surface area contributed by atoms with Crippen LogP contribution in [0.15, 0.2) is 65.7 Å². The number of carbonyl (C=O) groups is 2. The summed E-state index contributed by atoms with van der Waals surface area (Å²) in [6.07, 6.45) is 3.35. The van der Waals surface area contributed by atoms with Crippen LogP contribution in [0.2, 0.25) is 10.0 Å². The van der Waals surface area contributed by atoms with Crippen molar-refractivity contribution in [2.45, 2.75) is 42.1 Å². The van der Waals surface area contributed by atoms with Gasteiger partial charge >= 0.3 is 0 Å². The Kier molecular flexibility index (Phi) is 6.40. The zero-order valence-electron chi connectivity index (χ0n) is 18.8. The Labute approximate surface area is 218 Å². The fourth-order valence-electron chi connectivity index (χ4n) is 4.74. The summed E-state index contributed by atoms with van der Waals surface area (Å²) in [5.41, 5.74) is 0.614. The highest BCUT2D eigenvalue weighted by Gasteiger charge is 2.49. The SMILES string of the molecule is O=C(NS(=O)(=O)c1ccccc1)c1ccc2c(c1)C1(CCC(Oc3ncc(Cl)cc3Cl)CC1)C(=O)N2. The Bertz CT molecular complexity index is 1460. The van der Waals surface area contributed by atoms with E-state index < -0.39 is 21.3 Å². The Morgan fingerprint density at radius 1 is 1.08 bits per heavy atom. The van der Waals surface area contributed by atoms with Crippen LogP contribution < -0.4 is 14.8 Å². The van der Waals surface area contributed by atoms with E-state index in [1.165, 1.54) is 24.4 Å². The van der Waals surface area contributed by atoms with Crippen LogP contribution in [0.3, 0.4) is 0 Å². The summed E-state index contributed by atoms with van der Waals surface area (Å²) < 4.78 is 33.2. The molecule has 5 rings (SSSR count). The van der Waals surface area contributed by atoms with Crippen molar-refractivity contribution in [2.75, 3.05) is 5.32 Å². The van der Waals surface area contributed by atoms with Crippen LogP contribution in [-0.4, -0.2) is 31.3 Å². The molecule has 36 heavy (non-hydrogen) atoms. The Morgan fingerprint density at radius 3 is 2.50 bits per heavy atom. The zero-order valence-corrected chi connectivity index (χ0v) is 21.2. The normalized spacial score (nSPS) is 21.1. The van der Waals surface area contributed by atoms with Gasteiger partial charge in [-0.1, -0.05) is 41.4 Å². The first-order valence-electron chi connectivity index (χ1n) is 11.2. The molecule has 2 N–H and O–H groups in total. The number of sulfonamides is 1. The molecule has 1 aliphatic heterocycles. The minimum absolute atomic E-state index is 0.0126. The van der Waals surface area contributed by atoms with E-state index in [4.69, 9.17) is 27.9 Å². The number of benzene rings is 2. The minimum Gasteiger partial charge on any atom is -0.473 e. The van der Waals surface area contributed by atoms with E-state index in [0.717, 1.165) is 0 Å². The number of aromatic nitrogens is 1. The van der Waals surface area contributed by atoms with E-state index in [1.54, 1.807) is 36.4 Å². The molecule has 8 nitrogen and oxygen atoms in total. The van der Waals surface area contributed by atoms with Gasteiger partial charge in [0.2, 0.25) is 11.8 Å². The van der Waals surface area contributed by atoms with Crippen molar-refractivity contribution in [3.63, 3.8) is 0 Å². The lowest BCUT2D eigenvalue weighted by atomic mass is 9.69. The number of halogens is 2. The van der Waals surface area contributed by atoms with Crippen LogP contribution in [0.25, 0.3) is 0 Å². The van der Waals surface area contributed by atoms with E-state index in [-0.39, 0.29) is 28.4 Å². The van der Waals surface area contributed by atoms with Crippen molar-refractivity contribution < 1.29 is 22.7 Å². The van der Waals surface area contributed by atoms with Crippen molar-refractivity contribution in [3.05, 3.63) is 82.0 Å². The average molecular weight is 546 g/mol. The van der Waals surface area contributed by atoms with E-state index in [9.17, 15) is 18.0 Å². The first-order valence-corrected chi connectivity index (χ1v) is 13.5. The molecular formula is C25H21Cl2N3O5S. The van der Waals surface area contributed by atoms with E-state index in [2.05, 4.69) is 15.0 Å². The predicted octanol–water partition coefficient (Wildman–Crippen LogP) is 4.72. The minimum atomic E-state index is -4.03. The topological polar surface area (TPSA) is 114 Å². The van der Waals surface area contributed by atoms with Crippen LogP contribution in [-0.2, 0) is 20.2 Å². The van der Waals surface area contributed by atoms with Crippen molar-refractivity contribution in [1.29, 1.82) is 0 Å². The predicted molar refractivity (Wildman–Crippen MR) is 135 cm³/mol. The highest BCUT2D eigenvalue weighted by molar-refractivity contribution is 7.90. The summed E-state index contributed by atoms with van der Waals surface area (Å²) in [4.78, 5) is 30.0. The van der Waals surface area contributed by atoms with Gasteiger partial charge in [-0.25, -0.2) is 18.1 Å². The summed E-state index contributed by atoms with van der Waals surface area (Å²) in [7, 11) is -4.03. The maximum Gasteiger partial charge on any atom is 0.265 e. The number of amides is 2.